The fraction of sp³-hybridized carbons (Fsp3) is 0.348. The van der Waals surface area contributed by atoms with Crippen LogP contribution >= 0.6 is 0 Å². The van der Waals surface area contributed by atoms with Gasteiger partial charge < -0.3 is 10.1 Å². The van der Waals surface area contributed by atoms with Gasteiger partial charge in [0.15, 0.2) is 0 Å². The van der Waals surface area contributed by atoms with Crippen molar-refractivity contribution >= 4 is 28.4 Å². The minimum Gasteiger partial charge on any atom is -0.381 e. The first-order valence-corrected chi connectivity index (χ1v) is 10.0. The van der Waals surface area contributed by atoms with E-state index in [1.54, 1.807) is 26.8 Å². The fourth-order valence-corrected chi connectivity index (χ4v) is 2.79. The number of hydrogen-bond donors (Lipinski definition) is 3. The first kappa shape index (κ1) is 21.5. The molecule has 0 unspecified atom stereocenters. The summed E-state index contributed by atoms with van der Waals surface area (Å²) in [5.41, 5.74) is 2.74. The van der Waals surface area contributed by atoms with Crippen molar-refractivity contribution in [3.05, 3.63) is 63.9 Å². The summed E-state index contributed by atoms with van der Waals surface area (Å²) in [5.74, 6) is -0.0523. The van der Waals surface area contributed by atoms with Crippen LogP contribution in [0, 0.1) is 5.41 Å². The number of hydrogen-bond acceptors (Lipinski definition) is 5. The van der Waals surface area contributed by atoms with E-state index in [0.717, 1.165) is 16.8 Å². The van der Waals surface area contributed by atoms with Crippen LogP contribution in [0.1, 0.15) is 38.8 Å². The van der Waals surface area contributed by atoms with Gasteiger partial charge in [-0.25, -0.2) is 4.98 Å². The highest BCUT2D eigenvalue weighted by atomic mass is 16.5. The molecule has 30 heavy (non-hydrogen) atoms. The Balaban J connectivity index is 1.71. The molecule has 0 spiro atoms. The van der Waals surface area contributed by atoms with Gasteiger partial charge in [-0.2, -0.15) is 0 Å². The van der Waals surface area contributed by atoms with Crippen LogP contribution in [0.3, 0.4) is 0 Å². The highest BCUT2D eigenvalue weighted by molar-refractivity contribution is 5.93. The Morgan fingerprint density at radius 2 is 1.80 bits per heavy atom. The summed E-state index contributed by atoms with van der Waals surface area (Å²) in [6.07, 6.45) is 0. The highest BCUT2D eigenvalue weighted by Gasteiger charge is 2.22. The van der Waals surface area contributed by atoms with Gasteiger partial charge in [-0.3, -0.25) is 19.9 Å². The molecule has 1 amide bonds. The lowest BCUT2D eigenvalue weighted by Gasteiger charge is -2.17. The Morgan fingerprint density at radius 1 is 1.10 bits per heavy atom. The smallest absolute Gasteiger partial charge is 0.260 e. The Kier molecular flexibility index (Phi) is 6.52. The van der Waals surface area contributed by atoms with E-state index in [1.165, 1.54) is 0 Å². The highest BCUT2D eigenvalue weighted by Crippen LogP contribution is 2.18. The first-order chi connectivity index (χ1) is 14.3. The summed E-state index contributed by atoms with van der Waals surface area (Å²) in [4.78, 5) is 31.7. The molecule has 158 valence electrons. The Bertz CT molecular complexity index is 1080. The van der Waals surface area contributed by atoms with Gasteiger partial charge in [0.1, 0.15) is 0 Å². The number of carbonyl (C=O) groups is 1. The molecular weight excluding hydrogens is 380 g/mol. The lowest BCUT2D eigenvalue weighted by molar-refractivity contribution is -0.123. The zero-order chi connectivity index (χ0) is 21.7. The van der Waals surface area contributed by atoms with Crippen LogP contribution in [0.25, 0.3) is 10.9 Å². The van der Waals surface area contributed by atoms with Crippen molar-refractivity contribution < 1.29 is 9.53 Å². The molecule has 3 N–H and O–H groups in total. The van der Waals surface area contributed by atoms with Crippen LogP contribution < -0.4 is 16.2 Å². The van der Waals surface area contributed by atoms with Crippen molar-refractivity contribution in [3.8, 4) is 0 Å². The summed E-state index contributed by atoms with van der Waals surface area (Å²) < 4.78 is 5.40. The number of fused-ring (bicyclic) bond motifs is 1. The van der Waals surface area contributed by atoms with E-state index in [9.17, 15) is 9.59 Å². The number of H-pyrrole nitrogens is 1. The van der Waals surface area contributed by atoms with Crippen molar-refractivity contribution in [2.24, 2.45) is 5.41 Å². The SMILES string of the molecule is CCOCc1ccc(NCc2ccc3nc(NC(=O)C(C)(C)C)[nH]c(=O)c3c2)cc1. The number of aromatic amines is 1. The number of benzene rings is 2. The normalized spacial score (nSPS) is 11.5. The van der Waals surface area contributed by atoms with Crippen molar-refractivity contribution in [1.29, 1.82) is 0 Å². The van der Waals surface area contributed by atoms with Crippen LogP contribution in [0.4, 0.5) is 11.6 Å². The van der Waals surface area contributed by atoms with E-state index in [1.807, 2.05) is 43.3 Å². The van der Waals surface area contributed by atoms with Gasteiger partial charge in [0.05, 0.1) is 17.5 Å². The molecule has 7 heteroatoms. The van der Waals surface area contributed by atoms with E-state index in [0.29, 0.717) is 30.7 Å². The molecule has 0 bridgehead atoms. The maximum atomic E-state index is 12.5. The van der Waals surface area contributed by atoms with Crippen molar-refractivity contribution in [2.45, 2.75) is 40.8 Å². The molecule has 0 atom stereocenters. The van der Waals surface area contributed by atoms with Crippen LogP contribution in [0.15, 0.2) is 47.3 Å². The third-order valence-corrected chi connectivity index (χ3v) is 4.61. The number of ether oxygens (including phenoxy) is 1. The van der Waals surface area contributed by atoms with Gasteiger partial charge in [0, 0.05) is 24.3 Å². The number of carbonyl (C=O) groups excluding carboxylic acids is 1. The molecule has 0 radical (unpaired) electrons. The predicted molar refractivity (Wildman–Crippen MR) is 120 cm³/mol. The summed E-state index contributed by atoms with van der Waals surface area (Å²) in [6.45, 7) is 9.25. The minimum absolute atomic E-state index is 0.158. The molecule has 0 aliphatic heterocycles. The quantitative estimate of drug-likeness (QED) is 0.548. The number of nitrogens with zero attached hydrogens (tertiary/aromatic N) is 1. The standard InChI is InChI=1S/C23H28N4O3/c1-5-30-14-15-6-9-17(10-7-15)24-13-16-8-11-19-18(12-16)20(28)26-22(25-19)27-21(29)23(2,3)4/h6-12,24H,5,13-14H2,1-4H3,(H2,25,26,27,28,29). The van der Waals surface area contributed by atoms with E-state index < -0.39 is 5.41 Å². The molecule has 2 aromatic carbocycles. The number of anilines is 2. The minimum atomic E-state index is -0.579. The summed E-state index contributed by atoms with van der Waals surface area (Å²) in [5, 5.41) is 6.50. The predicted octanol–water partition coefficient (Wildman–Crippen LogP) is 4.06. The van der Waals surface area contributed by atoms with Crippen molar-refractivity contribution in [2.75, 3.05) is 17.2 Å². The first-order valence-electron chi connectivity index (χ1n) is 10.0. The second-order valence-electron chi connectivity index (χ2n) is 8.16. The lowest BCUT2D eigenvalue weighted by Crippen LogP contribution is -2.29. The van der Waals surface area contributed by atoms with Crippen LogP contribution in [0.5, 0.6) is 0 Å². The Morgan fingerprint density at radius 3 is 2.47 bits per heavy atom. The number of rotatable bonds is 7. The molecule has 3 rings (SSSR count). The van der Waals surface area contributed by atoms with Gasteiger partial charge in [-0.15, -0.1) is 0 Å². The zero-order valence-corrected chi connectivity index (χ0v) is 17.8. The monoisotopic (exact) mass is 408 g/mol. The number of aromatic nitrogens is 2. The van der Waals surface area contributed by atoms with Crippen molar-refractivity contribution in [1.82, 2.24) is 9.97 Å². The average Bonchev–Trinajstić information content (AvgIpc) is 2.71. The second kappa shape index (κ2) is 9.09. The molecule has 1 heterocycles. The van der Waals surface area contributed by atoms with Gasteiger partial charge in [0.25, 0.3) is 5.56 Å². The van der Waals surface area contributed by atoms with Crippen LogP contribution in [-0.2, 0) is 22.7 Å². The van der Waals surface area contributed by atoms with Gasteiger partial charge in [0.2, 0.25) is 11.9 Å². The lowest BCUT2D eigenvalue weighted by atomic mass is 9.96. The molecular formula is C23H28N4O3. The summed E-state index contributed by atoms with van der Waals surface area (Å²) >= 11 is 0. The second-order valence-corrected chi connectivity index (χ2v) is 8.16. The van der Waals surface area contributed by atoms with Gasteiger partial charge in [-0.1, -0.05) is 39.0 Å². The zero-order valence-electron chi connectivity index (χ0n) is 17.8. The van der Waals surface area contributed by atoms with Crippen LogP contribution in [-0.4, -0.2) is 22.5 Å². The number of amides is 1. The third-order valence-electron chi connectivity index (χ3n) is 4.61. The summed E-state index contributed by atoms with van der Waals surface area (Å²) in [6, 6.07) is 13.6. The molecule has 0 fully saturated rings. The topological polar surface area (TPSA) is 96.1 Å². The maximum absolute atomic E-state index is 12.5. The van der Waals surface area contributed by atoms with E-state index in [2.05, 4.69) is 20.6 Å². The van der Waals surface area contributed by atoms with E-state index in [4.69, 9.17) is 4.74 Å². The van der Waals surface area contributed by atoms with E-state index in [-0.39, 0.29) is 17.4 Å². The molecule has 3 aromatic rings. The molecule has 0 saturated carbocycles. The fourth-order valence-electron chi connectivity index (χ4n) is 2.79. The summed E-state index contributed by atoms with van der Waals surface area (Å²) in [7, 11) is 0. The van der Waals surface area contributed by atoms with Gasteiger partial charge in [-0.05, 0) is 42.3 Å². The maximum Gasteiger partial charge on any atom is 0.260 e. The number of nitrogens with one attached hydrogen (secondary N) is 3. The molecule has 7 nitrogen and oxygen atoms in total. The molecule has 0 aliphatic rings. The van der Waals surface area contributed by atoms with E-state index >= 15 is 0 Å². The average molecular weight is 409 g/mol. The molecule has 0 saturated heterocycles. The molecule has 1 aromatic heterocycles. The Hall–Kier alpha value is -3.19. The Labute approximate surface area is 175 Å². The molecule has 0 aliphatic carbocycles. The van der Waals surface area contributed by atoms with Crippen molar-refractivity contribution in [3.63, 3.8) is 0 Å². The van der Waals surface area contributed by atoms with Crippen LogP contribution in [0.2, 0.25) is 0 Å². The third kappa shape index (κ3) is 5.45. The van der Waals surface area contributed by atoms with Gasteiger partial charge >= 0.3 is 0 Å². The largest absolute Gasteiger partial charge is 0.381 e.